The van der Waals surface area contributed by atoms with Gasteiger partial charge in [0.15, 0.2) is 0 Å². The third kappa shape index (κ3) is 4.12. The molecule has 1 aliphatic heterocycles. The van der Waals surface area contributed by atoms with Crippen LogP contribution >= 0.6 is 0 Å². The summed E-state index contributed by atoms with van der Waals surface area (Å²) in [6, 6.07) is -0.400. The number of likely N-dealkylation sites (tertiary alicyclic amines) is 1. The lowest BCUT2D eigenvalue weighted by Gasteiger charge is -2.36. The van der Waals surface area contributed by atoms with Crippen LogP contribution in [0.3, 0.4) is 0 Å². The number of methoxy groups -OCH3 is 1. The summed E-state index contributed by atoms with van der Waals surface area (Å²) in [5.41, 5.74) is 0. The third-order valence-electron chi connectivity index (χ3n) is 4.31. The van der Waals surface area contributed by atoms with Crippen molar-refractivity contribution in [3.8, 4) is 0 Å². The Morgan fingerprint density at radius 2 is 2.05 bits per heavy atom. The van der Waals surface area contributed by atoms with Gasteiger partial charge >= 0.3 is 12.0 Å². The van der Waals surface area contributed by atoms with Gasteiger partial charge in [0, 0.05) is 12.6 Å². The van der Waals surface area contributed by atoms with E-state index in [4.69, 9.17) is 4.74 Å². The molecule has 1 fully saturated rings. The molecule has 3 atom stereocenters. The first-order valence-electron chi connectivity index (χ1n) is 7.70. The molecule has 1 N–H and O–H groups in total. The maximum Gasteiger partial charge on any atom is 0.328 e. The SMILES string of the molecule is CC[C@@H]1CCCCN1C(=O)N[C@H](C(=O)OC)[C@@H](C)CC. The monoisotopic (exact) mass is 284 g/mol. The van der Waals surface area contributed by atoms with Gasteiger partial charge in [-0.25, -0.2) is 9.59 Å². The van der Waals surface area contributed by atoms with E-state index in [1.165, 1.54) is 13.5 Å². The van der Waals surface area contributed by atoms with E-state index in [1.54, 1.807) is 0 Å². The number of urea groups is 1. The van der Waals surface area contributed by atoms with Crippen LogP contribution in [0.25, 0.3) is 0 Å². The van der Waals surface area contributed by atoms with E-state index in [2.05, 4.69) is 12.2 Å². The number of piperidine rings is 1. The summed E-state index contributed by atoms with van der Waals surface area (Å²) in [6.07, 6.45) is 5.04. The minimum atomic E-state index is -0.558. The maximum absolute atomic E-state index is 12.4. The molecule has 0 bridgehead atoms. The first kappa shape index (κ1) is 16.8. The molecule has 2 amide bonds. The van der Waals surface area contributed by atoms with Crippen molar-refractivity contribution in [2.45, 2.75) is 65.0 Å². The van der Waals surface area contributed by atoms with Crippen molar-refractivity contribution in [2.75, 3.05) is 13.7 Å². The summed E-state index contributed by atoms with van der Waals surface area (Å²) in [7, 11) is 1.36. The van der Waals surface area contributed by atoms with Crippen LogP contribution in [0.2, 0.25) is 0 Å². The molecule has 5 nitrogen and oxygen atoms in total. The number of nitrogens with zero attached hydrogens (tertiary/aromatic N) is 1. The Morgan fingerprint density at radius 3 is 2.60 bits per heavy atom. The molecule has 0 saturated carbocycles. The lowest BCUT2D eigenvalue weighted by atomic mass is 9.98. The Bertz CT molecular complexity index is 333. The second-order valence-electron chi connectivity index (χ2n) is 5.59. The molecule has 0 aromatic carbocycles. The van der Waals surface area contributed by atoms with Gasteiger partial charge in [-0.1, -0.05) is 27.2 Å². The van der Waals surface area contributed by atoms with Crippen LogP contribution in [0, 0.1) is 5.92 Å². The molecule has 1 rings (SSSR count). The zero-order valence-electron chi connectivity index (χ0n) is 13.1. The summed E-state index contributed by atoms with van der Waals surface area (Å²) in [5.74, 6) is -0.297. The Balaban J connectivity index is 2.71. The largest absolute Gasteiger partial charge is 0.467 e. The van der Waals surface area contributed by atoms with E-state index < -0.39 is 6.04 Å². The van der Waals surface area contributed by atoms with Gasteiger partial charge in [0.25, 0.3) is 0 Å². The van der Waals surface area contributed by atoms with E-state index in [1.807, 2.05) is 18.7 Å². The van der Waals surface area contributed by atoms with Crippen LogP contribution in [-0.4, -0.2) is 42.6 Å². The Kier molecular flexibility index (Phi) is 6.82. The van der Waals surface area contributed by atoms with Crippen molar-refractivity contribution in [1.82, 2.24) is 10.2 Å². The molecule has 20 heavy (non-hydrogen) atoms. The highest BCUT2D eigenvalue weighted by Gasteiger charge is 2.31. The molecule has 1 aliphatic rings. The van der Waals surface area contributed by atoms with Crippen molar-refractivity contribution in [2.24, 2.45) is 5.92 Å². The number of carbonyl (C=O) groups is 2. The molecule has 116 valence electrons. The molecular formula is C15H28N2O3. The fourth-order valence-electron chi connectivity index (χ4n) is 2.70. The topological polar surface area (TPSA) is 58.6 Å². The van der Waals surface area contributed by atoms with Gasteiger partial charge in [0.05, 0.1) is 7.11 Å². The quantitative estimate of drug-likeness (QED) is 0.789. The highest BCUT2D eigenvalue weighted by Crippen LogP contribution is 2.20. The van der Waals surface area contributed by atoms with Crippen molar-refractivity contribution >= 4 is 12.0 Å². The van der Waals surface area contributed by atoms with Crippen molar-refractivity contribution in [1.29, 1.82) is 0 Å². The normalized spacial score (nSPS) is 22.0. The fourth-order valence-corrected chi connectivity index (χ4v) is 2.70. The molecule has 0 unspecified atom stereocenters. The number of carbonyl (C=O) groups excluding carboxylic acids is 2. The van der Waals surface area contributed by atoms with Gasteiger partial charge in [-0.3, -0.25) is 0 Å². The average molecular weight is 284 g/mol. The number of esters is 1. The van der Waals surface area contributed by atoms with E-state index in [0.717, 1.165) is 32.2 Å². The lowest BCUT2D eigenvalue weighted by Crippen LogP contribution is -2.54. The number of ether oxygens (including phenoxy) is 1. The highest BCUT2D eigenvalue weighted by atomic mass is 16.5. The van der Waals surface area contributed by atoms with E-state index in [0.29, 0.717) is 6.04 Å². The highest BCUT2D eigenvalue weighted by molar-refractivity contribution is 5.84. The van der Waals surface area contributed by atoms with Crippen molar-refractivity contribution in [3.63, 3.8) is 0 Å². The van der Waals surface area contributed by atoms with Crippen LogP contribution in [0.1, 0.15) is 52.9 Å². The second-order valence-corrected chi connectivity index (χ2v) is 5.59. The average Bonchev–Trinajstić information content (AvgIpc) is 2.50. The Hall–Kier alpha value is -1.26. The molecule has 1 saturated heterocycles. The molecule has 0 aromatic rings. The lowest BCUT2D eigenvalue weighted by molar-refractivity contribution is -0.144. The summed E-state index contributed by atoms with van der Waals surface area (Å²) in [6.45, 7) is 6.83. The molecule has 0 aromatic heterocycles. The van der Waals surface area contributed by atoms with Gasteiger partial charge in [0.1, 0.15) is 6.04 Å². The van der Waals surface area contributed by atoms with Gasteiger partial charge in [0.2, 0.25) is 0 Å². The number of hydrogen-bond donors (Lipinski definition) is 1. The third-order valence-corrected chi connectivity index (χ3v) is 4.31. The van der Waals surface area contributed by atoms with Crippen LogP contribution in [0.5, 0.6) is 0 Å². The summed E-state index contributed by atoms with van der Waals surface area (Å²) in [5, 5.41) is 2.86. The Labute approximate surface area is 122 Å². The zero-order chi connectivity index (χ0) is 15.1. The minimum Gasteiger partial charge on any atom is -0.467 e. The van der Waals surface area contributed by atoms with Crippen LogP contribution in [0.15, 0.2) is 0 Å². The van der Waals surface area contributed by atoms with Crippen LogP contribution in [0.4, 0.5) is 4.79 Å². The number of amides is 2. The van der Waals surface area contributed by atoms with E-state index in [9.17, 15) is 9.59 Å². The molecule has 0 radical (unpaired) electrons. The number of hydrogen-bond acceptors (Lipinski definition) is 3. The van der Waals surface area contributed by atoms with Crippen LogP contribution < -0.4 is 5.32 Å². The van der Waals surface area contributed by atoms with Crippen molar-refractivity contribution < 1.29 is 14.3 Å². The molecule has 1 heterocycles. The number of nitrogens with one attached hydrogen (secondary N) is 1. The Morgan fingerprint density at radius 1 is 1.35 bits per heavy atom. The molecule has 0 spiro atoms. The first-order chi connectivity index (χ1) is 9.54. The van der Waals surface area contributed by atoms with Gasteiger partial charge in [-0.2, -0.15) is 0 Å². The summed E-state index contributed by atoms with van der Waals surface area (Å²) < 4.78 is 4.80. The summed E-state index contributed by atoms with van der Waals surface area (Å²) >= 11 is 0. The molecule has 0 aliphatic carbocycles. The van der Waals surface area contributed by atoms with Gasteiger partial charge < -0.3 is 15.0 Å². The predicted molar refractivity (Wildman–Crippen MR) is 78.4 cm³/mol. The standard InChI is InChI=1S/C15H28N2O3/c1-5-11(3)13(14(18)20-4)16-15(19)17-10-8-7-9-12(17)6-2/h11-13H,5-10H2,1-4H3,(H,16,19)/t11-,12+,13-/m0/s1. The molecular weight excluding hydrogens is 256 g/mol. The minimum absolute atomic E-state index is 0.0660. The smallest absolute Gasteiger partial charge is 0.328 e. The van der Waals surface area contributed by atoms with Crippen LogP contribution in [-0.2, 0) is 9.53 Å². The zero-order valence-corrected chi connectivity index (χ0v) is 13.1. The summed E-state index contributed by atoms with van der Waals surface area (Å²) in [4.78, 5) is 26.1. The predicted octanol–water partition coefficient (Wildman–Crippen LogP) is 2.55. The molecule has 5 heteroatoms. The van der Waals surface area contributed by atoms with E-state index >= 15 is 0 Å². The van der Waals surface area contributed by atoms with Gasteiger partial charge in [-0.05, 0) is 31.6 Å². The fraction of sp³-hybridized carbons (Fsp3) is 0.867. The first-order valence-corrected chi connectivity index (χ1v) is 7.70. The maximum atomic E-state index is 12.4. The van der Waals surface area contributed by atoms with Gasteiger partial charge in [-0.15, -0.1) is 0 Å². The second kappa shape index (κ2) is 8.12. The number of rotatable bonds is 5. The van der Waals surface area contributed by atoms with E-state index in [-0.39, 0.29) is 17.9 Å². The van der Waals surface area contributed by atoms with Crippen molar-refractivity contribution in [3.05, 3.63) is 0 Å².